The van der Waals surface area contributed by atoms with E-state index in [2.05, 4.69) is 55.1 Å². The first-order valence-electron chi connectivity index (χ1n) is 17.7. The van der Waals surface area contributed by atoms with Crippen LogP contribution in [0.15, 0.2) is 63.4 Å². The Morgan fingerprint density at radius 1 is 1.06 bits per heavy atom. The molecule has 50 heavy (non-hydrogen) atoms. The lowest BCUT2D eigenvalue weighted by Crippen LogP contribution is -2.47. The summed E-state index contributed by atoms with van der Waals surface area (Å²) in [5.74, 6) is 1.80. The lowest BCUT2D eigenvalue weighted by atomic mass is 9.93. The zero-order chi connectivity index (χ0) is 34.6. The van der Waals surface area contributed by atoms with E-state index in [0.717, 1.165) is 94.3 Å². The summed E-state index contributed by atoms with van der Waals surface area (Å²) in [5.41, 5.74) is 3.55. The summed E-state index contributed by atoms with van der Waals surface area (Å²) in [6, 6.07) is 13.4. The number of nitrogens with one attached hydrogen (secondary N) is 5. The molecule has 4 aromatic rings. The molecule has 11 nitrogen and oxygen atoms in total. The number of hydrogen-bond donors (Lipinski definition) is 5. The van der Waals surface area contributed by atoms with Crippen LogP contribution in [-0.2, 0) is 11.2 Å². The second-order valence-electron chi connectivity index (χ2n) is 13.8. The smallest absolute Gasteiger partial charge is 0.354 e. The third kappa shape index (κ3) is 7.97. The Morgan fingerprint density at radius 2 is 1.84 bits per heavy atom. The molecule has 0 bridgehead atoms. The molecular formula is C37H45ClFN9O2. The quantitative estimate of drug-likeness (QED) is 0.145. The van der Waals surface area contributed by atoms with Crippen molar-refractivity contribution in [1.82, 2.24) is 35.8 Å². The van der Waals surface area contributed by atoms with Crippen LogP contribution in [0.5, 0.6) is 0 Å². The van der Waals surface area contributed by atoms with Gasteiger partial charge in [0.25, 0.3) is 0 Å². The molecule has 0 spiro atoms. The van der Waals surface area contributed by atoms with E-state index in [1.54, 1.807) is 12.3 Å². The molecule has 5 N–H and O–H groups in total. The number of nitrogens with zero attached hydrogens (tertiary/aromatic N) is 4. The molecule has 0 radical (unpaired) electrons. The highest BCUT2D eigenvalue weighted by Crippen LogP contribution is 2.34. The number of ether oxygens (including phenoxy) is 1. The van der Waals surface area contributed by atoms with Crippen molar-refractivity contribution in [3.63, 3.8) is 0 Å². The average Bonchev–Trinajstić information content (AvgIpc) is 3.89. The molecule has 3 aliphatic heterocycles. The van der Waals surface area contributed by atoms with Gasteiger partial charge in [-0.05, 0) is 79.5 Å². The number of aliphatic imine (C=N–C) groups is 2. The van der Waals surface area contributed by atoms with Gasteiger partial charge in [-0.25, -0.2) is 9.18 Å². The Morgan fingerprint density at radius 3 is 2.58 bits per heavy atom. The fourth-order valence-corrected chi connectivity index (χ4v) is 7.21. The minimum Gasteiger partial charge on any atom is -0.370 e. The van der Waals surface area contributed by atoms with Crippen molar-refractivity contribution >= 4 is 34.6 Å². The van der Waals surface area contributed by atoms with Gasteiger partial charge < -0.3 is 31.0 Å². The predicted molar refractivity (Wildman–Crippen MR) is 197 cm³/mol. The predicted octanol–water partition coefficient (Wildman–Crippen LogP) is 5.23. The number of H-pyrrole nitrogens is 1. The fraction of sp³-hybridized carbons (Fsp3) is 0.459. The van der Waals surface area contributed by atoms with Crippen molar-refractivity contribution < 1.29 is 9.13 Å². The summed E-state index contributed by atoms with van der Waals surface area (Å²) in [4.78, 5) is 29.6. The lowest BCUT2D eigenvalue weighted by Gasteiger charge is -2.36. The number of fused-ring (bicyclic) bond motifs is 1. The highest BCUT2D eigenvalue weighted by atomic mass is 35.5. The zero-order valence-electron chi connectivity index (χ0n) is 28.6. The monoisotopic (exact) mass is 701 g/mol. The summed E-state index contributed by atoms with van der Waals surface area (Å²) >= 11 is 6.32. The number of guanidine groups is 2. The van der Waals surface area contributed by atoms with Crippen molar-refractivity contribution in [2.45, 2.75) is 70.6 Å². The molecule has 1 saturated heterocycles. The largest absolute Gasteiger partial charge is 0.370 e. The van der Waals surface area contributed by atoms with E-state index in [1.165, 1.54) is 4.57 Å². The van der Waals surface area contributed by atoms with Crippen molar-refractivity contribution in [3.05, 3.63) is 81.1 Å². The van der Waals surface area contributed by atoms with Gasteiger partial charge in [0.2, 0.25) is 0 Å². The molecule has 0 saturated carbocycles. The number of hydrogen-bond acceptors (Lipinski definition) is 9. The maximum atomic E-state index is 15.3. The minimum absolute atomic E-state index is 0.0416. The maximum Gasteiger partial charge on any atom is 0.354 e. The molecule has 7 rings (SSSR count). The first-order chi connectivity index (χ1) is 24.3. The SMILES string of the molecule is CC(C)CCCc1cc(Cl)c(F)c(-c2cc3cn(-c4ccc([C@H]5CC(NC6=NCCN6)C[C@H](CCNC6=NCCN6)O5)cc4)c(=O)nc3[nH]2)c1. The van der Waals surface area contributed by atoms with Gasteiger partial charge in [-0.1, -0.05) is 44.0 Å². The maximum absolute atomic E-state index is 15.3. The molecule has 3 atom stereocenters. The van der Waals surface area contributed by atoms with Gasteiger partial charge in [-0.15, -0.1) is 0 Å². The Balaban J connectivity index is 1.08. The standard InChI is InChI=1S/C37H45ClFN9O2/c1-22(2)4-3-5-23-16-29(33(39)30(38)17-23)31-18-25-21-48(37(49)47-34(25)46-31)27-8-6-24(7-9-27)32-20-26(45-36-43-14-15-44-36)19-28(50-32)10-11-40-35-41-12-13-42-35/h6-9,16-18,21-22,26,28,32H,3-5,10-15,19-20H2,1-2H3,(H2,40,41,42)(H2,43,44,45)(H,46,47,49)/t26?,28-,32+/m0/s1. The summed E-state index contributed by atoms with van der Waals surface area (Å²) in [7, 11) is 0. The Labute approximate surface area is 296 Å². The van der Waals surface area contributed by atoms with Gasteiger partial charge >= 0.3 is 5.69 Å². The summed E-state index contributed by atoms with van der Waals surface area (Å²) in [5, 5.41) is 14.3. The fourth-order valence-electron chi connectivity index (χ4n) is 6.96. The summed E-state index contributed by atoms with van der Waals surface area (Å²) in [6.07, 6.45) is 7.04. The number of aromatic amines is 1. The van der Waals surface area contributed by atoms with Gasteiger partial charge in [0, 0.05) is 42.8 Å². The Bertz CT molecular complexity index is 1940. The molecule has 1 unspecified atom stereocenters. The Kier molecular flexibility index (Phi) is 10.4. The van der Waals surface area contributed by atoms with E-state index >= 15 is 4.39 Å². The van der Waals surface area contributed by atoms with E-state index in [4.69, 9.17) is 16.3 Å². The van der Waals surface area contributed by atoms with Gasteiger partial charge in [-0.2, -0.15) is 4.98 Å². The average molecular weight is 702 g/mol. The molecule has 3 aliphatic rings. The van der Waals surface area contributed by atoms with Crippen molar-refractivity contribution in [2.24, 2.45) is 15.9 Å². The first-order valence-corrected chi connectivity index (χ1v) is 18.1. The normalized spacial score (nSPS) is 20.5. The molecule has 13 heteroatoms. The number of aryl methyl sites for hydroxylation is 1. The van der Waals surface area contributed by atoms with Crippen LogP contribution >= 0.6 is 11.6 Å². The van der Waals surface area contributed by atoms with Crippen LogP contribution in [0.2, 0.25) is 5.02 Å². The molecule has 1 fully saturated rings. The molecule has 2 aromatic heterocycles. The van der Waals surface area contributed by atoms with Gasteiger partial charge in [0.05, 0.1) is 41.7 Å². The van der Waals surface area contributed by atoms with E-state index in [-0.39, 0.29) is 23.3 Å². The van der Waals surface area contributed by atoms with Gasteiger partial charge in [0.15, 0.2) is 17.7 Å². The Hall–Kier alpha value is -4.42. The van der Waals surface area contributed by atoms with E-state index in [9.17, 15) is 4.79 Å². The highest BCUT2D eigenvalue weighted by Gasteiger charge is 2.31. The lowest BCUT2D eigenvalue weighted by molar-refractivity contribution is -0.0635. The first kappa shape index (κ1) is 34.0. The number of halogens is 2. The highest BCUT2D eigenvalue weighted by molar-refractivity contribution is 6.31. The van der Waals surface area contributed by atoms with Crippen molar-refractivity contribution in [2.75, 3.05) is 32.7 Å². The molecule has 0 amide bonds. The van der Waals surface area contributed by atoms with E-state index in [1.807, 2.05) is 36.4 Å². The zero-order valence-corrected chi connectivity index (χ0v) is 29.3. The number of aromatic nitrogens is 3. The third-order valence-electron chi connectivity index (χ3n) is 9.53. The third-order valence-corrected chi connectivity index (χ3v) is 9.80. The molecular weight excluding hydrogens is 657 g/mol. The minimum atomic E-state index is -0.495. The van der Waals surface area contributed by atoms with Crippen LogP contribution in [0.25, 0.3) is 28.0 Å². The van der Waals surface area contributed by atoms with Crippen molar-refractivity contribution in [3.8, 4) is 16.9 Å². The van der Waals surface area contributed by atoms with Crippen LogP contribution < -0.4 is 27.0 Å². The van der Waals surface area contributed by atoms with Crippen LogP contribution in [0.4, 0.5) is 4.39 Å². The molecule has 0 aliphatic carbocycles. The summed E-state index contributed by atoms with van der Waals surface area (Å²) in [6.45, 7) is 8.43. The van der Waals surface area contributed by atoms with Gasteiger partial charge in [-0.3, -0.25) is 14.6 Å². The molecule has 2 aromatic carbocycles. The topological polar surface area (TPSA) is 133 Å². The van der Waals surface area contributed by atoms with E-state index < -0.39 is 11.5 Å². The van der Waals surface area contributed by atoms with Crippen LogP contribution in [0.1, 0.15) is 63.2 Å². The molecule has 264 valence electrons. The van der Waals surface area contributed by atoms with Crippen molar-refractivity contribution in [1.29, 1.82) is 0 Å². The van der Waals surface area contributed by atoms with Gasteiger partial charge in [0.1, 0.15) is 5.65 Å². The van der Waals surface area contributed by atoms with Crippen LogP contribution in [0, 0.1) is 11.7 Å². The van der Waals surface area contributed by atoms with E-state index in [0.29, 0.717) is 33.9 Å². The number of rotatable bonds is 11. The van der Waals surface area contributed by atoms with Crippen LogP contribution in [0.3, 0.4) is 0 Å². The summed E-state index contributed by atoms with van der Waals surface area (Å²) < 4.78 is 23.4. The number of benzene rings is 2. The molecule has 5 heterocycles. The van der Waals surface area contributed by atoms with Crippen LogP contribution in [-0.4, -0.2) is 71.3 Å². The second-order valence-corrected chi connectivity index (χ2v) is 14.2. The second kappa shape index (κ2) is 15.2.